The molecule has 0 bridgehead atoms. The SMILES string of the molecule is C[C@@H]1C2=C(CC(C)(C)CC2=O)Nc2ccccc2N1CC(=O)N1CCN(C)CC1. The van der Waals surface area contributed by atoms with E-state index in [9.17, 15) is 9.59 Å². The number of fused-ring (bicyclic) bond motifs is 1. The molecule has 0 spiro atoms. The van der Waals surface area contributed by atoms with Crippen molar-refractivity contribution >= 4 is 23.1 Å². The Kier molecular flexibility index (Phi) is 5.15. The van der Waals surface area contributed by atoms with Gasteiger partial charge < -0.3 is 20.0 Å². The van der Waals surface area contributed by atoms with E-state index in [4.69, 9.17) is 0 Å². The van der Waals surface area contributed by atoms with Gasteiger partial charge in [-0.1, -0.05) is 26.0 Å². The van der Waals surface area contributed by atoms with Crippen LogP contribution in [0.15, 0.2) is 35.5 Å². The maximum Gasteiger partial charge on any atom is 0.242 e. The highest BCUT2D eigenvalue weighted by molar-refractivity contribution is 6.01. The molecule has 6 heteroatoms. The average Bonchev–Trinajstić information content (AvgIpc) is 2.76. The average molecular weight is 397 g/mol. The maximum absolute atomic E-state index is 13.1. The number of ketones is 1. The fourth-order valence-corrected chi connectivity index (χ4v) is 4.81. The van der Waals surface area contributed by atoms with Gasteiger partial charge in [0.15, 0.2) is 5.78 Å². The molecule has 0 unspecified atom stereocenters. The fraction of sp³-hybridized carbons (Fsp3) is 0.565. The number of anilines is 2. The summed E-state index contributed by atoms with van der Waals surface area (Å²) in [6.45, 7) is 9.98. The molecule has 2 aliphatic heterocycles. The Morgan fingerprint density at radius 1 is 1.14 bits per heavy atom. The number of rotatable bonds is 2. The predicted octanol–water partition coefficient (Wildman–Crippen LogP) is 2.72. The summed E-state index contributed by atoms with van der Waals surface area (Å²) in [5, 5.41) is 3.55. The molecule has 0 aromatic heterocycles. The third kappa shape index (κ3) is 3.90. The molecule has 0 radical (unpaired) electrons. The van der Waals surface area contributed by atoms with Gasteiger partial charge in [0.05, 0.1) is 24.0 Å². The number of hydrogen-bond donors (Lipinski definition) is 1. The van der Waals surface area contributed by atoms with Gasteiger partial charge in [0.1, 0.15) is 0 Å². The van der Waals surface area contributed by atoms with Crippen LogP contribution in [-0.4, -0.2) is 67.3 Å². The molecule has 1 fully saturated rings. The lowest BCUT2D eigenvalue weighted by Crippen LogP contribution is -2.51. The fourth-order valence-electron chi connectivity index (χ4n) is 4.81. The minimum Gasteiger partial charge on any atom is -0.357 e. The molecular weight excluding hydrogens is 364 g/mol. The van der Waals surface area contributed by atoms with Gasteiger partial charge >= 0.3 is 0 Å². The van der Waals surface area contributed by atoms with Gasteiger partial charge in [-0.3, -0.25) is 9.59 Å². The predicted molar refractivity (Wildman–Crippen MR) is 116 cm³/mol. The Hall–Kier alpha value is -2.34. The lowest BCUT2D eigenvalue weighted by atomic mass is 9.74. The molecule has 1 atom stereocenters. The van der Waals surface area contributed by atoms with E-state index < -0.39 is 0 Å². The third-order valence-electron chi connectivity index (χ3n) is 6.47. The minimum atomic E-state index is -0.138. The first kappa shape index (κ1) is 20.0. The topological polar surface area (TPSA) is 55.9 Å². The van der Waals surface area contributed by atoms with Gasteiger partial charge in [-0.2, -0.15) is 0 Å². The highest BCUT2D eigenvalue weighted by Crippen LogP contribution is 2.43. The number of hydrogen-bond acceptors (Lipinski definition) is 5. The summed E-state index contributed by atoms with van der Waals surface area (Å²) in [5.74, 6) is 0.327. The van der Waals surface area contributed by atoms with Crippen molar-refractivity contribution in [3.8, 4) is 0 Å². The quantitative estimate of drug-likeness (QED) is 0.833. The van der Waals surface area contributed by atoms with E-state index in [0.717, 1.165) is 55.2 Å². The normalized spacial score (nSPS) is 24.6. The van der Waals surface area contributed by atoms with E-state index in [1.54, 1.807) is 0 Å². The zero-order valence-electron chi connectivity index (χ0n) is 18.0. The second kappa shape index (κ2) is 7.48. The Labute approximate surface area is 173 Å². The zero-order valence-corrected chi connectivity index (χ0v) is 18.0. The van der Waals surface area contributed by atoms with Gasteiger partial charge in [-0.05, 0) is 37.9 Å². The molecule has 6 nitrogen and oxygen atoms in total. The van der Waals surface area contributed by atoms with Crippen molar-refractivity contribution in [3.05, 3.63) is 35.5 Å². The summed E-state index contributed by atoms with van der Waals surface area (Å²) in [6.07, 6.45) is 1.39. The van der Waals surface area contributed by atoms with Crippen molar-refractivity contribution in [2.24, 2.45) is 5.41 Å². The van der Waals surface area contributed by atoms with Crippen LogP contribution in [0.4, 0.5) is 11.4 Å². The van der Waals surface area contributed by atoms with E-state index in [1.807, 2.05) is 29.2 Å². The van der Waals surface area contributed by atoms with Crippen molar-refractivity contribution in [1.82, 2.24) is 9.80 Å². The number of Topliss-reactive ketones (excluding diaryl/α,β-unsaturated/α-hetero) is 1. The molecule has 2 heterocycles. The summed E-state index contributed by atoms with van der Waals surface area (Å²) in [4.78, 5) is 32.5. The van der Waals surface area contributed by atoms with Gasteiger partial charge in [-0.25, -0.2) is 0 Å². The van der Waals surface area contributed by atoms with Crippen LogP contribution in [-0.2, 0) is 9.59 Å². The molecule has 3 aliphatic rings. The molecule has 4 rings (SSSR count). The highest BCUT2D eigenvalue weighted by atomic mass is 16.2. The van der Waals surface area contributed by atoms with Crippen molar-refractivity contribution < 1.29 is 9.59 Å². The van der Waals surface area contributed by atoms with Crippen molar-refractivity contribution in [1.29, 1.82) is 0 Å². The van der Waals surface area contributed by atoms with Crippen molar-refractivity contribution in [2.45, 2.75) is 39.7 Å². The largest absolute Gasteiger partial charge is 0.357 e. The number of allylic oxidation sites excluding steroid dienone is 1. The van der Waals surface area contributed by atoms with Gasteiger partial charge in [0, 0.05) is 43.9 Å². The van der Waals surface area contributed by atoms with Gasteiger partial charge in [0.25, 0.3) is 0 Å². The molecule has 0 saturated carbocycles. The molecule has 156 valence electrons. The number of piperazine rings is 1. The lowest BCUT2D eigenvalue weighted by Gasteiger charge is -2.38. The smallest absolute Gasteiger partial charge is 0.242 e. The van der Waals surface area contributed by atoms with E-state index in [0.29, 0.717) is 6.42 Å². The van der Waals surface area contributed by atoms with Gasteiger partial charge in [-0.15, -0.1) is 0 Å². The number of carbonyl (C=O) groups excluding carboxylic acids is 2. The molecule has 1 N–H and O–H groups in total. The van der Waals surface area contributed by atoms with Gasteiger partial charge in [0.2, 0.25) is 5.91 Å². The van der Waals surface area contributed by atoms with Crippen LogP contribution < -0.4 is 10.2 Å². The van der Waals surface area contributed by atoms with Crippen LogP contribution in [0.3, 0.4) is 0 Å². The zero-order chi connectivity index (χ0) is 20.8. The monoisotopic (exact) mass is 396 g/mol. The van der Waals surface area contributed by atoms with Crippen LogP contribution >= 0.6 is 0 Å². The van der Waals surface area contributed by atoms with Crippen LogP contribution in [0.2, 0.25) is 0 Å². The number of carbonyl (C=O) groups is 2. The Bertz CT molecular complexity index is 852. The molecular formula is C23H32N4O2. The summed E-state index contributed by atoms with van der Waals surface area (Å²) in [7, 11) is 2.09. The molecule has 1 aromatic carbocycles. The van der Waals surface area contributed by atoms with E-state index in [-0.39, 0.29) is 29.7 Å². The summed E-state index contributed by atoms with van der Waals surface area (Å²) in [5.41, 5.74) is 3.76. The Morgan fingerprint density at radius 2 is 1.83 bits per heavy atom. The standard InChI is InChI=1S/C23H32N4O2/c1-16-22-18(13-23(2,3)14-20(22)28)24-17-7-5-6-8-19(17)27(16)15-21(29)26-11-9-25(4)10-12-26/h5-8,16,24H,9-15H2,1-4H3/t16-/m1/s1. The van der Waals surface area contributed by atoms with E-state index in [1.165, 1.54) is 0 Å². The van der Waals surface area contributed by atoms with E-state index >= 15 is 0 Å². The van der Waals surface area contributed by atoms with Crippen LogP contribution in [0, 0.1) is 5.41 Å². The van der Waals surface area contributed by atoms with Crippen LogP contribution in [0.5, 0.6) is 0 Å². The number of nitrogens with zero attached hydrogens (tertiary/aromatic N) is 3. The first-order valence-electron chi connectivity index (χ1n) is 10.6. The lowest BCUT2D eigenvalue weighted by molar-refractivity contribution is -0.131. The second-order valence-electron chi connectivity index (χ2n) is 9.46. The molecule has 1 saturated heterocycles. The summed E-state index contributed by atoms with van der Waals surface area (Å²) in [6, 6.07) is 7.94. The van der Waals surface area contributed by atoms with Crippen molar-refractivity contribution in [2.75, 3.05) is 50.0 Å². The molecule has 29 heavy (non-hydrogen) atoms. The first-order valence-corrected chi connectivity index (χ1v) is 10.6. The van der Waals surface area contributed by atoms with Crippen LogP contribution in [0.1, 0.15) is 33.6 Å². The number of amides is 1. The first-order chi connectivity index (χ1) is 13.7. The molecule has 1 aliphatic carbocycles. The number of para-hydroxylation sites is 2. The summed E-state index contributed by atoms with van der Waals surface area (Å²) >= 11 is 0. The van der Waals surface area contributed by atoms with E-state index in [2.05, 4.69) is 42.9 Å². The van der Waals surface area contributed by atoms with Crippen molar-refractivity contribution in [3.63, 3.8) is 0 Å². The number of benzene rings is 1. The highest BCUT2D eigenvalue weighted by Gasteiger charge is 2.39. The molecule has 1 aromatic rings. The summed E-state index contributed by atoms with van der Waals surface area (Å²) < 4.78 is 0. The maximum atomic E-state index is 13.1. The minimum absolute atomic E-state index is 0.0532. The second-order valence-corrected chi connectivity index (χ2v) is 9.46. The Morgan fingerprint density at radius 3 is 2.55 bits per heavy atom. The number of nitrogens with one attached hydrogen (secondary N) is 1. The Balaban J connectivity index is 1.67. The van der Waals surface area contributed by atoms with Crippen LogP contribution in [0.25, 0.3) is 0 Å². The molecule has 1 amide bonds. The third-order valence-corrected chi connectivity index (χ3v) is 6.47. The number of likely N-dealkylation sites (N-methyl/N-ethyl adjacent to an activating group) is 1.